The highest BCUT2D eigenvalue weighted by molar-refractivity contribution is 7.99. The Kier molecular flexibility index (Phi) is 6.58. The van der Waals surface area contributed by atoms with Gasteiger partial charge in [0.05, 0.1) is 12.4 Å². The lowest BCUT2D eigenvalue weighted by Gasteiger charge is -2.24. The van der Waals surface area contributed by atoms with Crippen molar-refractivity contribution >= 4 is 17.7 Å². The molecule has 0 radical (unpaired) electrons. The average molecular weight is 322 g/mol. The molecule has 0 aliphatic carbocycles. The van der Waals surface area contributed by atoms with E-state index in [1.165, 1.54) is 5.56 Å². The lowest BCUT2D eigenvalue weighted by molar-refractivity contribution is -0.130. The Labute approximate surface area is 137 Å². The Morgan fingerprint density at radius 2 is 1.95 bits per heavy atom. The van der Waals surface area contributed by atoms with Crippen molar-refractivity contribution in [2.24, 2.45) is 0 Å². The molecule has 0 bridgehead atoms. The van der Waals surface area contributed by atoms with Gasteiger partial charge in [-0.1, -0.05) is 12.1 Å². The third-order valence-corrected chi connectivity index (χ3v) is 5.08. The first kappa shape index (κ1) is 17.2. The highest BCUT2D eigenvalue weighted by atomic mass is 32.2. The summed E-state index contributed by atoms with van der Waals surface area (Å²) in [6.45, 7) is 6.63. The second kappa shape index (κ2) is 8.44. The Balaban J connectivity index is 1.88. The SMILES string of the molecule is COc1ccc(CN2CCCN(C(=O)[C@H](C)SC)CC2)cc1. The van der Waals surface area contributed by atoms with Crippen LogP contribution < -0.4 is 4.74 Å². The molecule has 0 spiro atoms. The molecular weight excluding hydrogens is 296 g/mol. The number of carbonyl (C=O) groups is 1. The van der Waals surface area contributed by atoms with Crippen LogP contribution in [0.5, 0.6) is 5.75 Å². The monoisotopic (exact) mass is 322 g/mol. The standard InChI is InChI=1S/C17H26N2O2S/c1-14(22-3)17(20)19-10-4-9-18(11-12-19)13-15-5-7-16(21-2)8-6-15/h5-8,14H,4,9-13H2,1-3H3/t14-/m0/s1. The van der Waals surface area contributed by atoms with Crippen molar-refractivity contribution in [1.29, 1.82) is 0 Å². The summed E-state index contributed by atoms with van der Waals surface area (Å²) in [5.41, 5.74) is 1.29. The fraction of sp³-hybridized carbons (Fsp3) is 0.588. The molecule has 5 heteroatoms. The third kappa shape index (κ3) is 4.65. The van der Waals surface area contributed by atoms with E-state index in [0.29, 0.717) is 0 Å². The molecule has 4 nitrogen and oxygen atoms in total. The van der Waals surface area contributed by atoms with E-state index >= 15 is 0 Å². The molecule has 1 aromatic carbocycles. The second-order valence-electron chi connectivity index (χ2n) is 5.68. The average Bonchev–Trinajstić information content (AvgIpc) is 2.79. The first-order valence-electron chi connectivity index (χ1n) is 7.81. The van der Waals surface area contributed by atoms with Crippen LogP contribution in [0.25, 0.3) is 0 Å². The number of thioether (sulfide) groups is 1. The molecule has 1 aliphatic rings. The van der Waals surface area contributed by atoms with Gasteiger partial charge in [-0.2, -0.15) is 11.8 Å². The molecule has 1 amide bonds. The minimum absolute atomic E-state index is 0.0631. The van der Waals surface area contributed by atoms with Crippen LogP contribution in [0.15, 0.2) is 24.3 Å². The van der Waals surface area contributed by atoms with Crippen LogP contribution in [-0.4, -0.2) is 60.5 Å². The van der Waals surface area contributed by atoms with Gasteiger partial charge in [-0.15, -0.1) is 0 Å². The molecular formula is C17H26N2O2S. The van der Waals surface area contributed by atoms with Crippen LogP contribution in [-0.2, 0) is 11.3 Å². The van der Waals surface area contributed by atoms with Crippen molar-refractivity contribution in [3.05, 3.63) is 29.8 Å². The summed E-state index contributed by atoms with van der Waals surface area (Å²) >= 11 is 1.62. The van der Waals surface area contributed by atoms with Gasteiger partial charge in [0, 0.05) is 32.7 Å². The van der Waals surface area contributed by atoms with Crippen molar-refractivity contribution in [3.8, 4) is 5.75 Å². The van der Waals surface area contributed by atoms with Crippen molar-refractivity contribution in [1.82, 2.24) is 9.80 Å². The highest BCUT2D eigenvalue weighted by Crippen LogP contribution is 2.16. The van der Waals surface area contributed by atoms with E-state index in [2.05, 4.69) is 17.0 Å². The van der Waals surface area contributed by atoms with E-state index in [-0.39, 0.29) is 11.2 Å². The zero-order valence-electron chi connectivity index (χ0n) is 13.7. The topological polar surface area (TPSA) is 32.8 Å². The van der Waals surface area contributed by atoms with Gasteiger partial charge in [-0.05, 0) is 37.3 Å². The van der Waals surface area contributed by atoms with Crippen LogP contribution in [0.2, 0.25) is 0 Å². The largest absolute Gasteiger partial charge is 0.497 e. The van der Waals surface area contributed by atoms with Crippen LogP contribution in [0, 0.1) is 0 Å². The Morgan fingerprint density at radius 1 is 1.23 bits per heavy atom. The normalized spacial score (nSPS) is 17.9. The maximum absolute atomic E-state index is 12.3. The highest BCUT2D eigenvalue weighted by Gasteiger charge is 2.22. The number of nitrogens with zero attached hydrogens (tertiary/aromatic N) is 2. The molecule has 1 aromatic rings. The number of hydrogen-bond donors (Lipinski definition) is 0. The van der Waals surface area contributed by atoms with Crippen LogP contribution in [0.1, 0.15) is 18.9 Å². The summed E-state index contributed by atoms with van der Waals surface area (Å²) in [6, 6.07) is 8.23. The number of ether oxygens (including phenoxy) is 1. The van der Waals surface area contributed by atoms with Gasteiger partial charge in [-0.25, -0.2) is 0 Å². The number of amides is 1. The summed E-state index contributed by atoms with van der Waals surface area (Å²) in [5, 5.41) is 0.0631. The van der Waals surface area contributed by atoms with Crippen LogP contribution in [0.3, 0.4) is 0 Å². The van der Waals surface area contributed by atoms with Crippen molar-refractivity contribution in [2.45, 2.75) is 25.1 Å². The summed E-state index contributed by atoms with van der Waals surface area (Å²) in [6.07, 6.45) is 3.04. The van der Waals surface area contributed by atoms with Gasteiger partial charge in [0.1, 0.15) is 5.75 Å². The Bertz CT molecular complexity index is 478. The Morgan fingerprint density at radius 3 is 2.59 bits per heavy atom. The maximum atomic E-state index is 12.3. The lowest BCUT2D eigenvalue weighted by Crippen LogP contribution is -2.39. The number of hydrogen-bond acceptors (Lipinski definition) is 4. The van der Waals surface area contributed by atoms with Crippen molar-refractivity contribution in [3.63, 3.8) is 0 Å². The summed E-state index contributed by atoms with van der Waals surface area (Å²) in [5.74, 6) is 1.17. The molecule has 0 N–H and O–H groups in total. The molecule has 1 heterocycles. The fourth-order valence-electron chi connectivity index (χ4n) is 2.70. The van der Waals surface area contributed by atoms with E-state index in [0.717, 1.165) is 44.9 Å². The number of rotatable bonds is 5. The van der Waals surface area contributed by atoms with Crippen molar-refractivity contribution < 1.29 is 9.53 Å². The second-order valence-corrected chi connectivity index (χ2v) is 6.86. The third-order valence-electron chi connectivity index (χ3n) is 4.17. The smallest absolute Gasteiger partial charge is 0.235 e. The summed E-state index contributed by atoms with van der Waals surface area (Å²) in [7, 11) is 1.69. The zero-order chi connectivity index (χ0) is 15.9. The van der Waals surface area contributed by atoms with E-state index in [1.807, 2.05) is 30.2 Å². The molecule has 2 rings (SSSR count). The summed E-state index contributed by atoms with van der Waals surface area (Å²) in [4.78, 5) is 16.7. The van der Waals surface area contributed by atoms with Gasteiger partial charge in [0.15, 0.2) is 0 Å². The van der Waals surface area contributed by atoms with Crippen molar-refractivity contribution in [2.75, 3.05) is 39.5 Å². The number of benzene rings is 1. The van der Waals surface area contributed by atoms with E-state index in [4.69, 9.17) is 4.74 Å². The molecule has 0 saturated carbocycles. The zero-order valence-corrected chi connectivity index (χ0v) is 14.6. The Hall–Kier alpha value is -1.20. The van der Waals surface area contributed by atoms with Gasteiger partial charge < -0.3 is 9.64 Å². The minimum atomic E-state index is 0.0631. The predicted molar refractivity (Wildman–Crippen MR) is 92.4 cm³/mol. The first-order valence-corrected chi connectivity index (χ1v) is 9.09. The van der Waals surface area contributed by atoms with E-state index in [9.17, 15) is 4.79 Å². The quantitative estimate of drug-likeness (QED) is 0.834. The summed E-state index contributed by atoms with van der Waals surface area (Å²) < 4.78 is 5.19. The number of carbonyl (C=O) groups excluding carboxylic acids is 1. The molecule has 22 heavy (non-hydrogen) atoms. The maximum Gasteiger partial charge on any atom is 0.235 e. The lowest BCUT2D eigenvalue weighted by atomic mass is 10.2. The molecule has 1 fully saturated rings. The molecule has 1 aliphatic heterocycles. The van der Waals surface area contributed by atoms with Gasteiger partial charge >= 0.3 is 0 Å². The first-order chi connectivity index (χ1) is 10.6. The van der Waals surface area contributed by atoms with Crippen LogP contribution >= 0.6 is 11.8 Å². The van der Waals surface area contributed by atoms with Crippen LogP contribution in [0.4, 0.5) is 0 Å². The van der Waals surface area contributed by atoms with Gasteiger partial charge in [0.2, 0.25) is 5.91 Å². The molecule has 1 saturated heterocycles. The minimum Gasteiger partial charge on any atom is -0.497 e. The molecule has 0 unspecified atom stereocenters. The molecule has 0 aromatic heterocycles. The van der Waals surface area contributed by atoms with E-state index in [1.54, 1.807) is 18.9 Å². The van der Waals surface area contributed by atoms with Gasteiger partial charge in [-0.3, -0.25) is 9.69 Å². The number of methoxy groups -OCH3 is 1. The fourth-order valence-corrected chi connectivity index (χ4v) is 3.05. The molecule has 122 valence electrons. The van der Waals surface area contributed by atoms with E-state index < -0.39 is 0 Å². The molecule has 1 atom stereocenters. The van der Waals surface area contributed by atoms with Gasteiger partial charge in [0.25, 0.3) is 0 Å². The predicted octanol–water partition coefficient (Wildman–Crippen LogP) is 2.48.